The molecule has 0 amide bonds. The van der Waals surface area contributed by atoms with Crippen molar-refractivity contribution in [3.8, 4) is 0 Å². The van der Waals surface area contributed by atoms with E-state index in [1.165, 1.54) is 0 Å². The van der Waals surface area contributed by atoms with Gasteiger partial charge in [0.25, 0.3) is 0 Å². The first kappa shape index (κ1) is 7.72. The molecule has 0 radical (unpaired) electrons. The van der Waals surface area contributed by atoms with Gasteiger partial charge in [0.15, 0.2) is 17.3 Å². The fraction of sp³-hybridized carbons (Fsp3) is 0.125. The Morgan fingerprint density at radius 3 is 3.00 bits per heavy atom. The zero-order valence-electron chi connectivity index (χ0n) is 7.15. The Balaban J connectivity index is 2.74. The number of hydrogen-bond acceptors (Lipinski definition) is 5. The second-order valence-electron chi connectivity index (χ2n) is 2.55. The molecule has 0 aromatic carbocycles. The summed E-state index contributed by atoms with van der Waals surface area (Å²) in [5.74, 6) is 0.953. The maximum absolute atomic E-state index is 5.63. The maximum atomic E-state index is 5.63. The molecule has 0 saturated carbocycles. The highest BCUT2D eigenvalue weighted by molar-refractivity contribution is 5.75. The minimum atomic E-state index is 0.392. The summed E-state index contributed by atoms with van der Waals surface area (Å²) in [6.45, 7) is 0. The lowest BCUT2D eigenvalue weighted by molar-refractivity contribution is 1.21. The predicted molar refractivity (Wildman–Crippen MR) is 51.3 cm³/mol. The second-order valence-corrected chi connectivity index (χ2v) is 2.55. The van der Waals surface area contributed by atoms with Gasteiger partial charge < -0.3 is 11.1 Å². The van der Waals surface area contributed by atoms with Crippen LogP contribution in [0.3, 0.4) is 0 Å². The fourth-order valence-electron chi connectivity index (χ4n) is 1.09. The molecule has 0 unspecified atom stereocenters. The second kappa shape index (κ2) is 2.85. The summed E-state index contributed by atoms with van der Waals surface area (Å²) in [6.07, 6.45) is 1.67. The molecule has 0 aliphatic heterocycles. The van der Waals surface area contributed by atoms with Crippen molar-refractivity contribution in [2.45, 2.75) is 0 Å². The summed E-state index contributed by atoms with van der Waals surface area (Å²) < 4.78 is 0. The summed E-state index contributed by atoms with van der Waals surface area (Å²) in [4.78, 5) is 12.4. The Hall–Kier alpha value is -1.91. The van der Waals surface area contributed by atoms with E-state index >= 15 is 0 Å². The van der Waals surface area contributed by atoms with Gasteiger partial charge in [-0.3, -0.25) is 0 Å². The highest BCUT2D eigenvalue weighted by Crippen LogP contribution is 2.15. The number of rotatable bonds is 1. The Bertz CT molecular complexity index is 439. The largest absolute Gasteiger partial charge is 0.381 e. The molecule has 2 aromatic heterocycles. The van der Waals surface area contributed by atoms with Crippen LogP contribution in [0.5, 0.6) is 0 Å². The lowest BCUT2D eigenvalue weighted by Crippen LogP contribution is -2.02. The molecule has 0 fully saturated rings. The normalized spacial score (nSPS) is 10.2. The van der Waals surface area contributed by atoms with Crippen LogP contribution in [0.4, 0.5) is 11.6 Å². The predicted octanol–water partition coefficient (Wildman–Crippen LogP) is 0.649. The molecule has 0 spiro atoms. The number of nitrogens with one attached hydrogen (secondary N) is 1. The molecule has 3 N–H and O–H groups in total. The van der Waals surface area contributed by atoms with Gasteiger partial charge in [-0.25, -0.2) is 15.0 Å². The van der Waals surface area contributed by atoms with Gasteiger partial charge in [-0.15, -0.1) is 0 Å². The van der Waals surface area contributed by atoms with Crippen LogP contribution in [-0.4, -0.2) is 22.0 Å². The van der Waals surface area contributed by atoms with E-state index in [-0.39, 0.29) is 0 Å². The summed E-state index contributed by atoms with van der Waals surface area (Å²) in [6, 6.07) is 3.63. The Kier molecular flexibility index (Phi) is 1.70. The van der Waals surface area contributed by atoms with E-state index in [4.69, 9.17) is 5.73 Å². The van der Waals surface area contributed by atoms with Crippen molar-refractivity contribution in [2.75, 3.05) is 18.1 Å². The van der Waals surface area contributed by atoms with Crippen LogP contribution in [0.1, 0.15) is 0 Å². The van der Waals surface area contributed by atoms with Crippen molar-refractivity contribution < 1.29 is 0 Å². The number of aromatic nitrogens is 3. The molecular formula is C8H9N5. The van der Waals surface area contributed by atoms with Gasteiger partial charge in [-0.1, -0.05) is 0 Å². The number of pyridine rings is 1. The topological polar surface area (TPSA) is 76.7 Å². The molecule has 2 rings (SSSR count). The van der Waals surface area contributed by atoms with Gasteiger partial charge in [-0.2, -0.15) is 0 Å². The Morgan fingerprint density at radius 1 is 1.38 bits per heavy atom. The van der Waals surface area contributed by atoms with Crippen molar-refractivity contribution in [2.24, 2.45) is 0 Å². The van der Waals surface area contributed by atoms with Crippen molar-refractivity contribution in [1.82, 2.24) is 15.0 Å². The molecular weight excluding hydrogens is 166 g/mol. The number of anilines is 2. The van der Waals surface area contributed by atoms with Gasteiger partial charge in [-0.05, 0) is 12.1 Å². The first-order valence-electron chi connectivity index (χ1n) is 3.87. The van der Waals surface area contributed by atoms with Crippen molar-refractivity contribution in [3.05, 3.63) is 18.3 Å². The van der Waals surface area contributed by atoms with Crippen molar-refractivity contribution in [1.29, 1.82) is 0 Å². The average molecular weight is 175 g/mol. The highest BCUT2D eigenvalue weighted by atomic mass is 15.1. The van der Waals surface area contributed by atoms with Crippen molar-refractivity contribution >= 4 is 22.8 Å². The molecule has 0 aliphatic rings. The highest BCUT2D eigenvalue weighted by Gasteiger charge is 2.03. The van der Waals surface area contributed by atoms with Crippen LogP contribution in [0, 0.1) is 0 Å². The molecule has 0 saturated heterocycles. The molecule has 2 heterocycles. The first-order valence-corrected chi connectivity index (χ1v) is 3.87. The molecule has 13 heavy (non-hydrogen) atoms. The minimum absolute atomic E-state index is 0.392. The van der Waals surface area contributed by atoms with Crippen LogP contribution in [0.2, 0.25) is 0 Å². The van der Waals surface area contributed by atoms with Gasteiger partial charge in [0, 0.05) is 13.2 Å². The first-order chi connectivity index (χ1) is 6.31. The molecule has 0 aliphatic carbocycles. The molecule has 2 aromatic rings. The van der Waals surface area contributed by atoms with Gasteiger partial charge in [0.1, 0.15) is 5.52 Å². The van der Waals surface area contributed by atoms with Gasteiger partial charge in [0.05, 0.1) is 0 Å². The monoisotopic (exact) mass is 175 g/mol. The van der Waals surface area contributed by atoms with E-state index in [0.29, 0.717) is 22.8 Å². The molecule has 0 atom stereocenters. The van der Waals surface area contributed by atoms with Crippen LogP contribution >= 0.6 is 0 Å². The molecule has 5 nitrogen and oxygen atoms in total. The van der Waals surface area contributed by atoms with Crippen LogP contribution < -0.4 is 11.1 Å². The third-order valence-corrected chi connectivity index (χ3v) is 1.70. The van der Waals surface area contributed by atoms with Gasteiger partial charge in [0.2, 0.25) is 0 Å². The smallest absolute Gasteiger partial charge is 0.180 e. The van der Waals surface area contributed by atoms with E-state index in [9.17, 15) is 0 Å². The quantitative estimate of drug-likeness (QED) is 0.665. The molecule has 5 heteroatoms. The summed E-state index contributed by atoms with van der Waals surface area (Å²) in [5.41, 5.74) is 6.94. The average Bonchev–Trinajstić information content (AvgIpc) is 2.17. The van der Waals surface area contributed by atoms with Crippen LogP contribution in [0.15, 0.2) is 18.3 Å². The number of nitrogens with zero attached hydrogens (tertiary/aromatic N) is 3. The summed E-state index contributed by atoms with van der Waals surface area (Å²) in [5, 5.41) is 2.85. The van der Waals surface area contributed by atoms with E-state index in [1.807, 2.05) is 6.07 Å². The third-order valence-electron chi connectivity index (χ3n) is 1.70. The molecule has 0 bridgehead atoms. The van der Waals surface area contributed by atoms with Crippen LogP contribution in [0.25, 0.3) is 11.2 Å². The van der Waals surface area contributed by atoms with Crippen molar-refractivity contribution in [3.63, 3.8) is 0 Å². The maximum Gasteiger partial charge on any atom is 0.180 e. The lowest BCUT2D eigenvalue weighted by atomic mass is 10.4. The van der Waals surface area contributed by atoms with E-state index in [2.05, 4.69) is 20.3 Å². The number of nitrogens with two attached hydrogens (primary N) is 1. The zero-order valence-corrected chi connectivity index (χ0v) is 7.15. The number of hydrogen-bond donors (Lipinski definition) is 2. The third kappa shape index (κ3) is 1.24. The number of nitrogen functional groups attached to an aromatic ring is 1. The van der Waals surface area contributed by atoms with E-state index in [0.717, 1.165) is 0 Å². The number of fused-ring (bicyclic) bond motifs is 1. The SMILES string of the molecule is CNc1nc2ncccc2nc1N. The lowest BCUT2D eigenvalue weighted by Gasteiger charge is -2.03. The summed E-state index contributed by atoms with van der Waals surface area (Å²) in [7, 11) is 1.75. The standard InChI is InChI=1S/C8H9N5/c1-10-8-6(9)12-5-3-2-4-11-7(5)13-8/h2-4H,1H3,(H2,9,12)(H,10,11,13). The van der Waals surface area contributed by atoms with Crippen LogP contribution in [-0.2, 0) is 0 Å². The van der Waals surface area contributed by atoms with E-state index < -0.39 is 0 Å². The fourth-order valence-corrected chi connectivity index (χ4v) is 1.09. The Labute approximate surface area is 75.0 Å². The summed E-state index contributed by atoms with van der Waals surface area (Å²) >= 11 is 0. The van der Waals surface area contributed by atoms with Gasteiger partial charge >= 0.3 is 0 Å². The minimum Gasteiger partial charge on any atom is -0.381 e. The molecule has 66 valence electrons. The Morgan fingerprint density at radius 2 is 2.23 bits per heavy atom. The van der Waals surface area contributed by atoms with E-state index in [1.54, 1.807) is 19.3 Å². The zero-order chi connectivity index (χ0) is 9.26.